The Morgan fingerprint density at radius 1 is 1.05 bits per heavy atom. The Morgan fingerprint density at radius 3 is 2.63 bits per heavy atom. The van der Waals surface area contributed by atoms with Gasteiger partial charge < -0.3 is 10.1 Å². The van der Waals surface area contributed by atoms with Gasteiger partial charge in [0.25, 0.3) is 0 Å². The Hall–Kier alpha value is -1.07. The molecule has 2 aromatic rings. The van der Waals surface area contributed by atoms with Crippen molar-refractivity contribution in [2.24, 2.45) is 0 Å². The highest BCUT2D eigenvalue weighted by atomic mass is 79.9. The zero-order valence-corrected chi connectivity index (χ0v) is 13.2. The summed E-state index contributed by atoms with van der Waals surface area (Å²) >= 11 is 6.68. The molecule has 0 atom stereocenters. The first-order valence-corrected chi connectivity index (χ1v) is 7.31. The van der Waals surface area contributed by atoms with Gasteiger partial charge in [0, 0.05) is 15.5 Å². The molecule has 0 amide bonds. The molecular weight excluding hydrogens is 377 g/mol. The fourth-order valence-electron chi connectivity index (χ4n) is 1.54. The van der Waals surface area contributed by atoms with Crippen LogP contribution in [0.3, 0.4) is 0 Å². The molecule has 0 fully saturated rings. The van der Waals surface area contributed by atoms with Crippen molar-refractivity contribution in [3.8, 4) is 5.75 Å². The molecule has 0 saturated heterocycles. The largest absolute Gasteiger partial charge is 0.492 e. The Labute approximate surface area is 128 Å². The number of benzene rings is 2. The molecule has 0 bridgehead atoms. The van der Waals surface area contributed by atoms with Gasteiger partial charge in [-0.15, -0.1) is 0 Å². The number of hydrogen-bond acceptors (Lipinski definition) is 2. The number of anilines is 1. The predicted molar refractivity (Wildman–Crippen MR) is 82.2 cm³/mol. The summed E-state index contributed by atoms with van der Waals surface area (Å²) in [4.78, 5) is 0. The first kappa shape index (κ1) is 14.3. The molecule has 2 rings (SSSR count). The SMILES string of the molecule is Fc1ccc(Br)cc1NCCOc1cccc(Br)c1. The van der Waals surface area contributed by atoms with Crippen molar-refractivity contribution in [3.63, 3.8) is 0 Å². The highest BCUT2D eigenvalue weighted by Crippen LogP contribution is 2.20. The van der Waals surface area contributed by atoms with E-state index in [1.54, 1.807) is 12.1 Å². The van der Waals surface area contributed by atoms with Gasteiger partial charge in [0.1, 0.15) is 18.2 Å². The first-order valence-electron chi connectivity index (χ1n) is 5.72. The summed E-state index contributed by atoms with van der Waals surface area (Å²) in [5.41, 5.74) is 0.465. The van der Waals surface area contributed by atoms with E-state index >= 15 is 0 Å². The summed E-state index contributed by atoms with van der Waals surface area (Å²) < 4.78 is 20.8. The normalized spacial score (nSPS) is 10.3. The highest BCUT2D eigenvalue weighted by molar-refractivity contribution is 9.10. The van der Waals surface area contributed by atoms with E-state index < -0.39 is 0 Å². The molecule has 0 aliphatic carbocycles. The van der Waals surface area contributed by atoms with Gasteiger partial charge in [-0.1, -0.05) is 37.9 Å². The average Bonchev–Trinajstić information content (AvgIpc) is 2.39. The topological polar surface area (TPSA) is 21.3 Å². The van der Waals surface area contributed by atoms with Crippen molar-refractivity contribution in [3.05, 3.63) is 57.2 Å². The molecular formula is C14H12Br2FNO. The molecule has 0 heterocycles. The van der Waals surface area contributed by atoms with Crippen LogP contribution in [0.4, 0.5) is 10.1 Å². The third-order valence-corrected chi connectivity index (χ3v) is 3.40. The van der Waals surface area contributed by atoms with Gasteiger partial charge in [-0.3, -0.25) is 0 Å². The van der Waals surface area contributed by atoms with E-state index in [0.29, 0.717) is 18.8 Å². The van der Waals surface area contributed by atoms with Gasteiger partial charge in [0.05, 0.1) is 5.69 Å². The van der Waals surface area contributed by atoms with Crippen LogP contribution in [-0.4, -0.2) is 13.2 Å². The number of nitrogens with one attached hydrogen (secondary N) is 1. The molecule has 19 heavy (non-hydrogen) atoms. The van der Waals surface area contributed by atoms with Gasteiger partial charge in [0.15, 0.2) is 0 Å². The minimum Gasteiger partial charge on any atom is -0.492 e. The molecule has 0 aliphatic rings. The van der Waals surface area contributed by atoms with Crippen LogP contribution in [0.15, 0.2) is 51.4 Å². The number of halogens is 3. The van der Waals surface area contributed by atoms with Crippen LogP contribution in [0, 0.1) is 5.82 Å². The second-order valence-electron chi connectivity index (χ2n) is 3.86. The van der Waals surface area contributed by atoms with Gasteiger partial charge in [-0.05, 0) is 36.4 Å². The molecule has 0 aliphatic heterocycles. The predicted octanol–water partition coefficient (Wildman–Crippen LogP) is 4.84. The summed E-state index contributed by atoms with van der Waals surface area (Å²) in [6.07, 6.45) is 0. The maximum atomic E-state index is 13.4. The highest BCUT2D eigenvalue weighted by Gasteiger charge is 2.02. The minimum atomic E-state index is -0.273. The van der Waals surface area contributed by atoms with Crippen molar-refractivity contribution in [2.75, 3.05) is 18.5 Å². The van der Waals surface area contributed by atoms with E-state index in [9.17, 15) is 4.39 Å². The molecule has 2 aromatic carbocycles. The maximum absolute atomic E-state index is 13.4. The van der Waals surface area contributed by atoms with E-state index in [1.807, 2.05) is 24.3 Å². The lowest BCUT2D eigenvalue weighted by molar-refractivity contribution is 0.332. The van der Waals surface area contributed by atoms with Crippen molar-refractivity contribution in [1.29, 1.82) is 0 Å². The molecule has 0 aromatic heterocycles. The van der Waals surface area contributed by atoms with Crippen LogP contribution in [0.2, 0.25) is 0 Å². The van der Waals surface area contributed by atoms with E-state index in [4.69, 9.17) is 4.74 Å². The van der Waals surface area contributed by atoms with Crippen molar-refractivity contribution in [2.45, 2.75) is 0 Å². The zero-order chi connectivity index (χ0) is 13.7. The maximum Gasteiger partial charge on any atom is 0.146 e. The molecule has 0 spiro atoms. The molecule has 2 nitrogen and oxygen atoms in total. The average molecular weight is 389 g/mol. The summed E-state index contributed by atoms with van der Waals surface area (Å²) in [5.74, 6) is 0.511. The smallest absolute Gasteiger partial charge is 0.146 e. The summed E-state index contributed by atoms with van der Waals surface area (Å²) in [6.45, 7) is 0.988. The van der Waals surface area contributed by atoms with Gasteiger partial charge in [-0.25, -0.2) is 4.39 Å². The van der Waals surface area contributed by atoms with E-state index in [0.717, 1.165) is 14.7 Å². The lowest BCUT2D eigenvalue weighted by Gasteiger charge is -2.10. The fourth-order valence-corrected chi connectivity index (χ4v) is 2.28. The van der Waals surface area contributed by atoms with Crippen LogP contribution in [0.1, 0.15) is 0 Å². The summed E-state index contributed by atoms with van der Waals surface area (Å²) in [6, 6.07) is 12.4. The minimum absolute atomic E-state index is 0.273. The lowest BCUT2D eigenvalue weighted by atomic mass is 10.3. The van der Waals surface area contributed by atoms with E-state index in [1.165, 1.54) is 6.07 Å². The van der Waals surface area contributed by atoms with Crippen LogP contribution in [-0.2, 0) is 0 Å². The number of rotatable bonds is 5. The van der Waals surface area contributed by atoms with Crippen LogP contribution in [0.5, 0.6) is 5.75 Å². The van der Waals surface area contributed by atoms with Crippen LogP contribution < -0.4 is 10.1 Å². The lowest BCUT2D eigenvalue weighted by Crippen LogP contribution is -2.12. The van der Waals surface area contributed by atoms with Crippen molar-refractivity contribution >= 4 is 37.5 Å². The van der Waals surface area contributed by atoms with Crippen LogP contribution >= 0.6 is 31.9 Å². The van der Waals surface area contributed by atoms with Crippen molar-refractivity contribution in [1.82, 2.24) is 0 Å². The Morgan fingerprint density at radius 2 is 1.84 bits per heavy atom. The Balaban J connectivity index is 1.82. The van der Waals surface area contributed by atoms with Gasteiger partial charge in [-0.2, -0.15) is 0 Å². The fraction of sp³-hybridized carbons (Fsp3) is 0.143. The van der Waals surface area contributed by atoms with Gasteiger partial charge in [0.2, 0.25) is 0 Å². The standard InChI is InChI=1S/C14H12Br2FNO/c15-10-2-1-3-12(8-10)19-7-6-18-14-9-11(16)4-5-13(14)17/h1-5,8-9,18H,6-7H2. The van der Waals surface area contributed by atoms with Crippen molar-refractivity contribution < 1.29 is 9.13 Å². The third kappa shape index (κ3) is 4.51. The summed E-state index contributed by atoms with van der Waals surface area (Å²) in [7, 11) is 0. The molecule has 5 heteroatoms. The number of ether oxygens (including phenoxy) is 1. The Bertz CT molecular complexity index is 563. The number of hydrogen-bond donors (Lipinski definition) is 1. The second-order valence-corrected chi connectivity index (χ2v) is 5.69. The third-order valence-electron chi connectivity index (χ3n) is 2.41. The Kier molecular flexibility index (Phi) is 5.22. The zero-order valence-electron chi connectivity index (χ0n) is 10.00. The quantitative estimate of drug-likeness (QED) is 0.740. The monoisotopic (exact) mass is 387 g/mol. The molecule has 1 N–H and O–H groups in total. The van der Waals surface area contributed by atoms with E-state index in [2.05, 4.69) is 37.2 Å². The molecule has 0 radical (unpaired) electrons. The van der Waals surface area contributed by atoms with Gasteiger partial charge >= 0.3 is 0 Å². The molecule has 0 unspecified atom stereocenters. The second kappa shape index (κ2) is 6.91. The molecule has 100 valence electrons. The first-order chi connectivity index (χ1) is 9.15. The van der Waals surface area contributed by atoms with E-state index in [-0.39, 0.29) is 5.82 Å². The molecule has 0 saturated carbocycles. The van der Waals surface area contributed by atoms with Crippen LogP contribution in [0.25, 0.3) is 0 Å². The summed E-state index contributed by atoms with van der Waals surface area (Å²) in [5, 5.41) is 3.00.